The Morgan fingerprint density at radius 3 is 2.55 bits per heavy atom. The summed E-state index contributed by atoms with van der Waals surface area (Å²) in [5.74, 6) is -0.301. The van der Waals surface area contributed by atoms with Crippen LogP contribution in [-0.4, -0.2) is 46.1 Å². The average Bonchev–Trinajstić information content (AvgIpc) is 2.39. The smallest absolute Gasteiger partial charge is 0.271 e. The van der Waals surface area contributed by atoms with Crippen molar-refractivity contribution in [3.63, 3.8) is 0 Å². The van der Waals surface area contributed by atoms with Gasteiger partial charge in [0.25, 0.3) is 5.69 Å². The van der Waals surface area contributed by atoms with E-state index in [0.717, 1.165) is 0 Å². The minimum Gasteiger partial charge on any atom is -0.392 e. The Balaban J connectivity index is 2.73. The van der Waals surface area contributed by atoms with Gasteiger partial charge in [0.15, 0.2) is 0 Å². The van der Waals surface area contributed by atoms with Crippen LogP contribution < -0.4 is 5.32 Å². The van der Waals surface area contributed by atoms with Crippen molar-refractivity contribution in [1.82, 2.24) is 4.90 Å². The first-order chi connectivity index (χ1) is 10.2. The second kappa shape index (κ2) is 8.07. The van der Waals surface area contributed by atoms with Crippen LogP contribution in [-0.2, 0) is 4.79 Å². The van der Waals surface area contributed by atoms with E-state index in [-0.39, 0.29) is 29.2 Å². The predicted octanol–water partition coefficient (Wildman–Crippen LogP) is 2.28. The quantitative estimate of drug-likeness (QED) is 0.591. The Hall–Kier alpha value is -1.70. The minimum absolute atomic E-state index is 0.0904. The van der Waals surface area contributed by atoms with E-state index in [4.69, 9.17) is 11.6 Å². The highest BCUT2D eigenvalue weighted by Crippen LogP contribution is 2.26. The van der Waals surface area contributed by atoms with Crippen LogP contribution in [0.5, 0.6) is 0 Å². The number of hydrogen-bond acceptors (Lipinski definition) is 5. The first-order valence-electron chi connectivity index (χ1n) is 6.86. The van der Waals surface area contributed by atoms with Crippen LogP contribution >= 0.6 is 11.6 Å². The number of carbonyl (C=O) groups is 1. The zero-order valence-electron chi connectivity index (χ0n) is 12.7. The van der Waals surface area contributed by atoms with Crippen LogP contribution in [0.25, 0.3) is 0 Å². The molecule has 0 aliphatic heterocycles. The number of rotatable bonds is 7. The number of halogens is 1. The summed E-state index contributed by atoms with van der Waals surface area (Å²) in [6.07, 6.45) is -0.543. The average molecular weight is 330 g/mol. The molecule has 122 valence electrons. The number of non-ortho nitro benzene ring substituents is 1. The molecule has 2 N–H and O–H groups in total. The molecular weight excluding hydrogens is 310 g/mol. The van der Waals surface area contributed by atoms with Gasteiger partial charge in [-0.1, -0.05) is 11.6 Å². The molecule has 7 nitrogen and oxygen atoms in total. The number of amides is 1. The zero-order valence-corrected chi connectivity index (χ0v) is 13.5. The van der Waals surface area contributed by atoms with Crippen LogP contribution in [0, 0.1) is 10.1 Å². The summed E-state index contributed by atoms with van der Waals surface area (Å²) in [6, 6.07) is 3.95. The lowest BCUT2D eigenvalue weighted by atomic mass is 10.2. The lowest BCUT2D eigenvalue weighted by molar-refractivity contribution is -0.384. The van der Waals surface area contributed by atoms with Gasteiger partial charge in [-0.3, -0.25) is 19.8 Å². The van der Waals surface area contributed by atoms with Crippen LogP contribution in [0.15, 0.2) is 18.2 Å². The van der Waals surface area contributed by atoms with E-state index in [0.29, 0.717) is 12.2 Å². The maximum Gasteiger partial charge on any atom is 0.271 e. The molecule has 8 heteroatoms. The SMILES string of the molecule is CC(O)CN(CC(=O)Nc1ccc([N+](=O)[O-])cc1Cl)C(C)C. The molecule has 0 aliphatic carbocycles. The van der Waals surface area contributed by atoms with Gasteiger partial charge in [0, 0.05) is 24.7 Å². The number of nitrogens with one attached hydrogen (secondary N) is 1. The molecule has 0 bridgehead atoms. The molecule has 0 saturated heterocycles. The number of nitrogens with zero attached hydrogens (tertiary/aromatic N) is 2. The fourth-order valence-electron chi connectivity index (χ4n) is 1.89. The largest absolute Gasteiger partial charge is 0.392 e. The van der Waals surface area contributed by atoms with E-state index in [1.807, 2.05) is 18.7 Å². The van der Waals surface area contributed by atoms with Crippen molar-refractivity contribution in [2.24, 2.45) is 0 Å². The molecule has 0 heterocycles. The Labute approximate surface area is 134 Å². The summed E-state index contributed by atoms with van der Waals surface area (Å²) < 4.78 is 0. The first kappa shape index (κ1) is 18.3. The molecule has 1 aromatic rings. The molecule has 0 fully saturated rings. The van der Waals surface area contributed by atoms with E-state index in [1.54, 1.807) is 6.92 Å². The third-order valence-corrected chi connectivity index (χ3v) is 3.33. The normalized spacial score (nSPS) is 12.5. The van der Waals surface area contributed by atoms with Crippen LogP contribution in [0.4, 0.5) is 11.4 Å². The Kier molecular flexibility index (Phi) is 6.73. The van der Waals surface area contributed by atoms with Crippen molar-refractivity contribution < 1.29 is 14.8 Å². The summed E-state index contributed by atoms with van der Waals surface area (Å²) in [4.78, 5) is 24.0. The summed E-state index contributed by atoms with van der Waals surface area (Å²) in [5, 5.41) is 22.8. The molecule has 1 aromatic carbocycles. The van der Waals surface area contributed by atoms with E-state index >= 15 is 0 Å². The third-order valence-electron chi connectivity index (χ3n) is 3.01. The fraction of sp³-hybridized carbons (Fsp3) is 0.500. The summed E-state index contributed by atoms with van der Waals surface area (Å²) in [7, 11) is 0. The summed E-state index contributed by atoms with van der Waals surface area (Å²) >= 11 is 5.93. The van der Waals surface area contributed by atoms with Crippen molar-refractivity contribution in [3.8, 4) is 0 Å². The van der Waals surface area contributed by atoms with Gasteiger partial charge in [-0.05, 0) is 26.8 Å². The highest BCUT2D eigenvalue weighted by molar-refractivity contribution is 6.34. The highest BCUT2D eigenvalue weighted by atomic mass is 35.5. The molecule has 0 aromatic heterocycles. The van der Waals surface area contributed by atoms with Crippen LogP contribution in [0.1, 0.15) is 20.8 Å². The van der Waals surface area contributed by atoms with Crippen molar-refractivity contribution >= 4 is 28.9 Å². The monoisotopic (exact) mass is 329 g/mol. The molecule has 1 unspecified atom stereocenters. The zero-order chi connectivity index (χ0) is 16.9. The fourth-order valence-corrected chi connectivity index (χ4v) is 2.11. The topological polar surface area (TPSA) is 95.7 Å². The number of nitro benzene ring substituents is 1. The van der Waals surface area contributed by atoms with Gasteiger partial charge in [-0.15, -0.1) is 0 Å². The first-order valence-corrected chi connectivity index (χ1v) is 7.24. The third kappa shape index (κ3) is 5.59. The molecule has 1 rings (SSSR count). The molecule has 0 aliphatic rings. The predicted molar refractivity (Wildman–Crippen MR) is 85.1 cm³/mol. The van der Waals surface area contributed by atoms with Crippen LogP contribution in [0.2, 0.25) is 5.02 Å². The number of hydrogen-bond donors (Lipinski definition) is 2. The Bertz CT molecular complexity index is 549. The lowest BCUT2D eigenvalue weighted by Crippen LogP contribution is -2.41. The molecule has 0 spiro atoms. The lowest BCUT2D eigenvalue weighted by Gasteiger charge is -2.27. The van der Waals surface area contributed by atoms with Gasteiger partial charge in [0.1, 0.15) is 0 Å². The van der Waals surface area contributed by atoms with Gasteiger partial charge in [0.2, 0.25) is 5.91 Å². The second-order valence-electron chi connectivity index (χ2n) is 5.34. The number of anilines is 1. The van der Waals surface area contributed by atoms with Crippen LogP contribution in [0.3, 0.4) is 0 Å². The van der Waals surface area contributed by atoms with Gasteiger partial charge in [-0.25, -0.2) is 0 Å². The number of benzene rings is 1. The van der Waals surface area contributed by atoms with Crippen molar-refractivity contribution in [1.29, 1.82) is 0 Å². The van der Waals surface area contributed by atoms with Gasteiger partial charge in [0.05, 0.1) is 28.3 Å². The van der Waals surface area contributed by atoms with E-state index in [9.17, 15) is 20.0 Å². The Morgan fingerprint density at radius 2 is 2.09 bits per heavy atom. The number of nitro groups is 1. The summed E-state index contributed by atoms with van der Waals surface area (Å²) in [6.45, 7) is 5.97. The van der Waals surface area contributed by atoms with Crippen molar-refractivity contribution in [2.45, 2.75) is 32.9 Å². The van der Waals surface area contributed by atoms with Gasteiger partial charge >= 0.3 is 0 Å². The molecule has 1 amide bonds. The minimum atomic E-state index is -0.555. The highest BCUT2D eigenvalue weighted by Gasteiger charge is 2.17. The molecule has 0 radical (unpaired) electrons. The Morgan fingerprint density at radius 1 is 1.45 bits per heavy atom. The number of carbonyl (C=O) groups excluding carboxylic acids is 1. The molecule has 22 heavy (non-hydrogen) atoms. The maximum atomic E-state index is 12.1. The van der Waals surface area contributed by atoms with E-state index < -0.39 is 11.0 Å². The standard InChI is InChI=1S/C14H20ClN3O4/c1-9(2)17(7-10(3)19)8-14(20)16-13-5-4-11(18(21)22)6-12(13)15/h4-6,9-10,19H,7-8H2,1-3H3,(H,16,20). The van der Waals surface area contributed by atoms with Gasteiger partial charge in [-0.2, -0.15) is 0 Å². The van der Waals surface area contributed by atoms with Gasteiger partial charge < -0.3 is 10.4 Å². The number of aliphatic hydroxyl groups is 1. The van der Waals surface area contributed by atoms with Crippen molar-refractivity contribution in [2.75, 3.05) is 18.4 Å². The number of aliphatic hydroxyl groups excluding tert-OH is 1. The maximum absolute atomic E-state index is 12.1. The molecule has 1 atom stereocenters. The molecular formula is C14H20ClN3O4. The molecule has 0 saturated carbocycles. The van der Waals surface area contributed by atoms with Crippen molar-refractivity contribution in [3.05, 3.63) is 33.3 Å². The van der Waals surface area contributed by atoms with E-state index in [1.165, 1.54) is 18.2 Å². The second-order valence-corrected chi connectivity index (χ2v) is 5.75. The summed E-state index contributed by atoms with van der Waals surface area (Å²) in [5.41, 5.74) is 0.180. The van der Waals surface area contributed by atoms with E-state index in [2.05, 4.69) is 5.32 Å².